The molecule has 0 radical (unpaired) electrons. The molecule has 1 aliphatic rings. The van der Waals surface area contributed by atoms with Crippen LogP contribution in [0, 0.1) is 13.8 Å². The lowest BCUT2D eigenvalue weighted by molar-refractivity contribution is 0.565. The zero-order valence-electron chi connectivity index (χ0n) is 13.1. The van der Waals surface area contributed by atoms with Gasteiger partial charge in [0.1, 0.15) is 0 Å². The normalized spacial score (nSPS) is 16.7. The van der Waals surface area contributed by atoms with Gasteiger partial charge in [-0.15, -0.1) is 0 Å². The maximum Gasteiger partial charge on any atom is 0.215 e. The Morgan fingerprint density at radius 3 is 2.36 bits per heavy atom. The van der Waals surface area contributed by atoms with Gasteiger partial charge in [0, 0.05) is 11.7 Å². The molecule has 1 fully saturated rings. The van der Waals surface area contributed by atoms with Gasteiger partial charge in [0.2, 0.25) is 10.0 Å². The molecule has 1 atom stereocenters. The van der Waals surface area contributed by atoms with Crippen LogP contribution in [-0.4, -0.2) is 23.4 Å². The number of benzene rings is 1. The third kappa shape index (κ3) is 3.08. The van der Waals surface area contributed by atoms with E-state index in [4.69, 9.17) is 0 Å². The highest BCUT2D eigenvalue weighted by molar-refractivity contribution is 7.90. The molecule has 2 aromatic rings. The second kappa shape index (κ2) is 5.52. The van der Waals surface area contributed by atoms with Crippen LogP contribution in [0.3, 0.4) is 0 Å². The summed E-state index contributed by atoms with van der Waals surface area (Å²) in [5.74, 6) is 0. The number of sulfonamides is 1. The molecule has 1 aromatic heterocycles. The van der Waals surface area contributed by atoms with Crippen molar-refractivity contribution in [2.24, 2.45) is 0 Å². The minimum atomic E-state index is -3.17. The summed E-state index contributed by atoms with van der Waals surface area (Å²) in [6.45, 7) is 5.85. The molecule has 1 unspecified atom stereocenters. The van der Waals surface area contributed by atoms with E-state index >= 15 is 0 Å². The Balaban J connectivity index is 1.77. The average molecular weight is 319 g/mol. The number of aromatic nitrogens is 2. The monoisotopic (exact) mass is 319 g/mol. The van der Waals surface area contributed by atoms with E-state index < -0.39 is 10.0 Å². The van der Waals surface area contributed by atoms with Gasteiger partial charge >= 0.3 is 0 Å². The van der Waals surface area contributed by atoms with Crippen LogP contribution < -0.4 is 4.72 Å². The van der Waals surface area contributed by atoms with Crippen LogP contribution in [0.2, 0.25) is 0 Å². The van der Waals surface area contributed by atoms with Crippen molar-refractivity contribution >= 4 is 10.0 Å². The molecule has 3 rings (SSSR count). The maximum absolute atomic E-state index is 12.0. The molecule has 1 N–H and O–H groups in total. The Morgan fingerprint density at radius 1 is 1.23 bits per heavy atom. The molecule has 118 valence electrons. The van der Waals surface area contributed by atoms with Gasteiger partial charge in [-0.05, 0) is 57.4 Å². The Hall–Kier alpha value is -1.66. The predicted molar refractivity (Wildman–Crippen MR) is 86.5 cm³/mol. The molecular formula is C16H21N3O2S. The van der Waals surface area contributed by atoms with Crippen molar-refractivity contribution < 1.29 is 8.42 Å². The van der Waals surface area contributed by atoms with Crippen molar-refractivity contribution in [3.05, 3.63) is 47.3 Å². The molecule has 0 bridgehead atoms. The van der Waals surface area contributed by atoms with Gasteiger partial charge in [0.25, 0.3) is 0 Å². The number of hydrogen-bond acceptors (Lipinski definition) is 3. The number of nitrogens with one attached hydrogen (secondary N) is 1. The standard InChI is InChI=1S/C16H21N3O2S/c1-11-10-12(2)19(17-11)15-6-4-14(5-7-15)13(3)18-22(20,21)16-8-9-16/h4-7,10,13,16,18H,8-9H2,1-3H3. The van der Waals surface area contributed by atoms with Crippen LogP contribution in [-0.2, 0) is 10.0 Å². The van der Waals surface area contributed by atoms with Crippen LogP contribution in [0.4, 0.5) is 0 Å². The van der Waals surface area contributed by atoms with E-state index in [1.807, 2.05) is 55.8 Å². The highest BCUT2D eigenvalue weighted by atomic mass is 32.2. The summed E-state index contributed by atoms with van der Waals surface area (Å²) in [6, 6.07) is 9.64. The first-order chi connectivity index (χ1) is 10.4. The van der Waals surface area contributed by atoms with Gasteiger partial charge in [-0.3, -0.25) is 0 Å². The van der Waals surface area contributed by atoms with E-state index in [-0.39, 0.29) is 11.3 Å². The quantitative estimate of drug-likeness (QED) is 0.921. The summed E-state index contributed by atoms with van der Waals surface area (Å²) in [7, 11) is -3.17. The van der Waals surface area contributed by atoms with Gasteiger partial charge in [-0.2, -0.15) is 5.10 Å². The van der Waals surface area contributed by atoms with Crippen LogP contribution in [0.25, 0.3) is 5.69 Å². The lowest BCUT2D eigenvalue weighted by atomic mass is 10.1. The fourth-order valence-electron chi connectivity index (χ4n) is 2.58. The van der Waals surface area contributed by atoms with E-state index in [2.05, 4.69) is 9.82 Å². The van der Waals surface area contributed by atoms with Crippen molar-refractivity contribution in [3.8, 4) is 5.69 Å². The largest absolute Gasteiger partial charge is 0.238 e. The summed E-state index contributed by atoms with van der Waals surface area (Å²) in [4.78, 5) is 0. The molecule has 5 nitrogen and oxygen atoms in total. The topological polar surface area (TPSA) is 64.0 Å². The van der Waals surface area contributed by atoms with Crippen LogP contribution in [0.5, 0.6) is 0 Å². The summed E-state index contributed by atoms with van der Waals surface area (Å²) >= 11 is 0. The Bertz CT molecular complexity index is 774. The van der Waals surface area contributed by atoms with Gasteiger partial charge in [0.05, 0.1) is 16.6 Å². The molecule has 6 heteroatoms. The molecule has 0 saturated heterocycles. The lowest BCUT2D eigenvalue weighted by Crippen LogP contribution is -2.29. The van der Waals surface area contributed by atoms with E-state index in [1.54, 1.807) is 0 Å². The summed E-state index contributed by atoms with van der Waals surface area (Å²) in [5.41, 5.74) is 3.99. The summed E-state index contributed by atoms with van der Waals surface area (Å²) in [5, 5.41) is 4.26. The van der Waals surface area contributed by atoms with Gasteiger partial charge in [0.15, 0.2) is 0 Å². The molecule has 22 heavy (non-hydrogen) atoms. The fourth-order valence-corrected chi connectivity index (χ4v) is 4.16. The SMILES string of the molecule is Cc1cc(C)n(-c2ccc(C(C)NS(=O)(=O)C3CC3)cc2)n1. The minimum absolute atomic E-state index is 0.191. The van der Waals surface area contributed by atoms with E-state index in [0.717, 1.165) is 35.5 Å². The highest BCUT2D eigenvalue weighted by Crippen LogP contribution is 2.29. The van der Waals surface area contributed by atoms with Gasteiger partial charge in [-0.1, -0.05) is 12.1 Å². The third-order valence-corrected chi connectivity index (χ3v) is 5.98. The van der Waals surface area contributed by atoms with Crippen molar-refractivity contribution in [3.63, 3.8) is 0 Å². The second-order valence-electron chi connectivity index (χ2n) is 6.01. The first kappa shape index (κ1) is 15.2. The minimum Gasteiger partial charge on any atom is -0.238 e. The lowest BCUT2D eigenvalue weighted by Gasteiger charge is -2.15. The fraction of sp³-hybridized carbons (Fsp3) is 0.438. The molecule has 0 amide bonds. The molecule has 1 heterocycles. The number of hydrogen-bond donors (Lipinski definition) is 1. The van der Waals surface area contributed by atoms with Crippen LogP contribution >= 0.6 is 0 Å². The van der Waals surface area contributed by atoms with Crippen molar-refractivity contribution in [2.75, 3.05) is 0 Å². The van der Waals surface area contributed by atoms with Crippen molar-refractivity contribution in [1.29, 1.82) is 0 Å². The second-order valence-corrected chi connectivity index (χ2v) is 8.01. The Kier molecular flexibility index (Phi) is 3.82. The summed E-state index contributed by atoms with van der Waals surface area (Å²) < 4.78 is 28.6. The molecule has 1 aliphatic carbocycles. The number of nitrogens with zero attached hydrogens (tertiary/aromatic N) is 2. The third-order valence-electron chi connectivity index (χ3n) is 3.95. The van der Waals surface area contributed by atoms with E-state index in [1.165, 1.54) is 0 Å². The van der Waals surface area contributed by atoms with Gasteiger partial charge in [-0.25, -0.2) is 17.8 Å². The van der Waals surface area contributed by atoms with Crippen LogP contribution in [0.15, 0.2) is 30.3 Å². The molecule has 1 saturated carbocycles. The molecular weight excluding hydrogens is 298 g/mol. The summed E-state index contributed by atoms with van der Waals surface area (Å²) in [6.07, 6.45) is 1.55. The molecule has 1 aromatic carbocycles. The first-order valence-electron chi connectivity index (χ1n) is 7.51. The maximum atomic E-state index is 12.0. The average Bonchev–Trinajstić information content (AvgIpc) is 3.25. The zero-order valence-corrected chi connectivity index (χ0v) is 13.9. The zero-order chi connectivity index (χ0) is 15.9. The van der Waals surface area contributed by atoms with Crippen LogP contribution in [0.1, 0.15) is 42.8 Å². The Labute approximate surface area is 131 Å². The number of aryl methyl sites for hydroxylation is 2. The smallest absolute Gasteiger partial charge is 0.215 e. The first-order valence-corrected chi connectivity index (χ1v) is 9.06. The Morgan fingerprint density at radius 2 is 1.86 bits per heavy atom. The van der Waals surface area contributed by atoms with Crippen molar-refractivity contribution in [2.45, 2.75) is 44.9 Å². The molecule has 0 spiro atoms. The highest BCUT2D eigenvalue weighted by Gasteiger charge is 2.36. The van der Waals surface area contributed by atoms with E-state index in [0.29, 0.717) is 0 Å². The number of rotatable bonds is 5. The van der Waals surface area contributed by atoms with E-state index in [9.17, 15) is 8.42 Å². The molecule has 0 aliphatic heterocycles. The van der Waals surface area contributed by atoms with Crippen molar-refractivity contribution in [1.82, 2.24) is 14.5 Å². The predicted octanol–water partition coefficient (Wildman–Crippen LogP) is 2.63. The van der Waals surface area contributed by atoms with Gasteiger partial charge < -0.3 is 0 Å².